The molecule has 1 aromatic heterocycles. The van der Waals surface area contributed by atoms with Crippen molar-refractivity contribution in [3.05, 3.63) is 41.6 Å². The summed E-state index contributed by atoms with van der Waals surface area (Å²) in [6.07, 6.45) is -4.64. The molecule has 0 N–H and O–H groups in total. The van der Waals surface area contributed by atoms with E-state index in [1.165, 1.54) is 0 Å². The summed E-state index contributed by atoms with van der Waals surface area (Å²) >= 11 is 0. The Kier molecular flexibility index (Phi) is 4.83. The highest BCUT2D eigenvalue weighted by Gasteiger charge is 2.30. The summed E-state index contributed by atoms with van der Waals surface area (Å²) in [5.41, 5.74) is 4.03. The number of nitrogens with zero attached hydrogens (tertiary/aromatic N) is 3. The van der Waals surface area contributed by atoms with E-state index in [0.717, 1.165) is 22.5 Å². The summed E-state index contributed by atoms with van der Waals surface area (Å²) in [5, 5.41) is 4.61. The molecule has 4 nitrogen and oxygen atoms in total. The third-order valence-electron chi connectivity index (χ3n) is 4.55. The van der Waals surface area contributed by atoms with Crippen molar-refractivity contribution >= 4 is 5.91 Å². The lowest BCUT2D eigenvalue weighted by Crippen LogP contribution is -2.34. The lowest BCUT2D eigenvalue weighted by Gasteiger charge is -2.20. The number of carbonyl (C=O) groups excluding carboxylic acids is 1. The van der Waals surface area contributed by atoms with E-state index in [2.05, 4.69) is 5.10 Å². The molecule has 0 fully saturated rings. The first-order valence-corrected chi connectivity index (χ1v) is 8.30. The van der Waals surface area contributed by atoms with Gasteiger partial charge in [-0.05, 0) is 6.42 Å². The van der Waals surface area contributed by atoms with Gasteiger partial charge in [-0.15, -0.1) is 0 Å². The minimum Gasteiger partial charge on any atom is -0.342 e. The van der Waals surface area contributed by atoms with E-state index in [4.69, 9.17) is 0 Å². The van der Waals surface area contributed by atoms with E-state index in [9.17, 15) is 18.0 Å². The van der Waals surface area contributed by atoms with Crippen molar-refractivity contribution < 1.29 is 18.0 Å². The molecule has 7 heteroatoms. The van der Waals surface area contributed by atoms with Crippen LogP contribution in [0.3, 0.4) is 0 Å². The lowest BCUT2D eigenvalue weighted by molar-refractivity contribution is -0.149. The minimum atomic E-state index is -4.30. The summed E-state index contributed by atoms with van der Waals surface area (Å²) in [6.45, 7) is 0.854. The molecule has 0 atom stereocenters. The average molecular weight is 351 g/mol. The van der Waals surface area contributed by atoms with Gasteiger partial charge in [0.2, 0.25) is 5.91 Å². The molecule has 2 aromatic rings. The molecule has 0 radical (unpaired) electrons. The number of aryl methyl sites for hydroxylation is 1. The second kappa shape index (κ2) is 6.90. The molecule has 1 aromatic carbocycles. The van der Waals surface area contributed by atoms with Gasteiger partial charge in [0.25, 0.3) is 0 Å². The van der Waals surface area contributed by atoms with Gasteiger partial charge in [-0.3, -0.25) is 9.48 Å². The normalized spacial score (nSPS) is 15.0. The molecular formula is C18H20F3N3O. The molecule has 0 unspecified atom stereocenters. The highest BCUT2D eigenvalue weighted by atomic mass is 19.4. The van der Waals surface area contributed by atoms with Crippen LogP contribution < -0.4 is 0 Å². The van der Waals surface area contributed by atoms with Crippen molar-refractivity contribution in [1.29, 1.82) is 0 Å². The van der Waals surface area contributed by atoms with E-state index in [0.29, 0.717) is 25.9 Å². The fourth-order valence-corrected chi connectivity index (χ4v) is 3.26. The first kappa shape index (κ1) is 17.5. The van der Waals surface area contributed by atoms with Crippen LogP contribution in [0.1, 0.15) is 24.1 Å². The largest absolute Gasteiger partial charge is 0.389 e. The van der Waals surface area contributed by atoms with Crippen molar-refractivity contribution in [2.45, 2.75) is 31.9 Å². The smallest absolute Gasteiger partial charge is 0.342 e. The number of aromatic nitrogens is 2. The van der Waals surface area contributed by atoms with Crippen molar-refractivity contribution in [2.24, 2.45) is 7.05 Å². The Morgan fingerprint density at radius 1 is 1.16 bits per heavy atom. The predicted molar refractivity (Wildman–Crippen MR) is 87.9 cm³/mol. The number of amides is 1. The number of benzene rings is 1. The zero-order valence-corrected chi connectivity index (χ0v) is 14.0. The number of carbonyl (C=O) groups is 1. The lowest BCUT2D eigenvalue weighted by atomic mass is 10.0. The van der Waals surface area contributed by atoms with Gasteiger partial charge in [0.1, 0.15) is 0 Å². The van der Waals surface area contributed by atoms with E-state index < -0.39 is 24.9 Å². The molecule has 3 rings (SSSR count). The zero-order chi connectivity index (χ0) is 18.0. The molecule has 0 spiro atoms. The van der Waals surface area contributed by atoms with E-state index in [1.807, 2.05) is 42.1 Å². The van der Waals surface area contributed by atoms with Gasteiger partial charge < -0.3 is 4.90 Å². The van der Waals surface area contributed by atoms with Crippen LogP contribution in [0.15, 0.2) is 30.3 Å². The van der Waals surface area contributed by atoms with Crippen molar-refractivity contribution in [2.75, 3.05) is 13.1 Å². The van der Waals surface area contributed by atoms with E-state index in [1.54, 1.807) is 4.90 Å². The standard InChI is InChI=1S/C18H20F3N3O/c1-23-15-9-12-24(16(25)7-10-18(19,20)21)11-8-14(15)17(22-23)13-5-3-2-4-6-13/h2-6H,7-12H2,1H3. The van der Waals surface area contributed by atoms with Gasteiger partial charge in [0.15, 0.2) is 0 Å². The third kappa shape index (κ3) is 4.03. The fourth-order valence-electron chi connectivity index (χ4n) is 3.26. The summed E-state index contributed by atoms with van der Waals surface area (Å²) in [4.78, 5) is 13.7. The summed E-state index contributed by atoms with van der Waals surface area (Å²) < 4.78 is 38.8. The number of halogens is 3. The van der Waals surface area contributed by atoms with Crippen molar-refractivity contribution in [1.82, 2.24) is 14.7 Å². The first-order valence-electron chi connectivity index (χ1n) is 8.30. The maximum atomic E-state index is 12.3. The minimum absolute atomic E-state index is 0.426. The SMILES string of the molecule is Cn1nc(-c2ccccc2)c2c1CCN(C(=O)CCC(F)(F)F)CC2. The fraction of sp³-hybridized carbons (Fsp3) is 0.444. The topological polar surface area (TPSA) is 38.1 Å². The Balaban J connectivity index is 1.76. The van der Waals surface area contributed by atoms with Crippen LogP contribution in [0.25, 0.3) is 11.3 Å². The zero-order valence-electron chi connectivity index (χ0n) is 14.0. The van der Waals surface area contributed by atoms with Gasteiger partial charge in [-0.1, -0.05) is 30.3 Å². The molecular weight excluding hydrogens is 331 g/mol. The number of alkyl halides is 3. The molecule has 0 saturated carbocycles. The Morgan fingerprint density at radius 2 is 1.84 bits per heavy atom. The molecule has 1 amide bonds. The predicted octanol–water partition coefficient (Wildman–Crippen LogP) is 3.36. The second-order valence-corrected chi connectivity index (χ2v) is 6.26. The molecule has 0 saturated heterocycles. The highest BCUT2D eigenvalue weighted by Crippen LogP contribution is 2.28. The van der Waals surface area contributed by atoms with Gasteiger partial charge >= 0.3 is 6.18 Å². The molecule has 1 aliphatic rings. The Morgan fingerprint density at radius 3 is 2.52 bits per heavy atom. The Bertz CT molecular complexity index is 753. The quantitative estimate of drug-likeness (QED) is 0.850. The van der Waals surface area contributed by atoms with Crippen LogP contribution in [-0.2, 0) is 24.7 Å². The van der Waals surface area contributed by atoms with Crippen LogP contribution in [0.2, 0.25) is 0 Å². The van der Waals surface area contributed by atoms with Crippen molar-refractivity contribution in [3.8, 4) is 11.3 Å². The molecule has 1 aliphatic heterocycles. The summed E-state index contributed by atoms with van der Waals surface area (Å²) in [7, 11) is 1.87. The summed E-state index contributed by atoms with van der Waals surface area (Å²) in [6, 6.07) is 9.80. The molecule has 2 heterocycles. The molecule has 25 heavy (non-hydrogen) atoms. The Hall–Kier alpha value is -2.31. The van der Waals surface area contributed by atoms with Crippen LogP contribution >= 0.6 is 0 Å². The van der Waals surface area contributed by atoms with Gasteiger partial charge in [0, 0.05) is 49.8 Å². The monoisotopic (exact) mass is 351 g/mol. The van der Waals surface area contributed by atoms with E-state index >= 15 is 0 Å². The van der Waals surface area contributed by atoms with Gasteiger partial charge in [0.05, 0.1) is 12.1 Å². The van der Waals surface area contributed by atoms with E-state index in [-0.39, 0.29) is 0 Å². The summed E-state index contributed by atoms with van der Waals surface area (Å²) in [5.74, 6) is -0.431. The highest BCUT2D eigenvalue weighted by molar-refractivity contribution is 5.76. The van der Waals surface area contributed by atoms with Gasteiger partial charge in [-0.2, -0.15) is 18.3 Å². The number of fused-ring (bicyclic) bond motifs is 1. The van der Waals surface area contributed by atoms with Crippen LogP contribution in [-0.4, -0.2) is 39.9 Å². The van der Waals surface area contributed by atoms with Crippen LogP contribution in [0.4, 0.5) is 13.2 Å². The van der Waals surface area contributed by atoms with Gasteiger partial charge in [-0.25, -0.2) is 0 Å². The maximum Gasteiger partial charge on any atom is 0.389 e. The number of hydrogen-bond acceptors (Lipinski definition) is 2. The number of rotatable bonds is 3. The van der Waals surface area contributed by atoms with Crippen LogP contribution in [0.5, 0.6) is 0 Å². The first-order chi connectivity index (χ1) is 11.8. The average Bonchev–Trinajstić information content (AvgIpc) is 2.75. The second-order valence-electron chi connectivity index (χ2n) is 6.26. The molecule has 0 bridgehead atoms. The molecule has 134 valence electrons. The Labute approximate surface area is 144 Å². The maximum absolute atomic E-state index is 12.3. The third-order valence-corrected chi connectivity index (χ3v) is 4.55. The van der Waals surface area contributed by atoms with Crippen molar-refractivity contribution in [3.63, 3.8) is 0 Å². The number of hydrogen-bond donors (Lipinski definition) is 0. The van der Waals surface area contributed by atoms with Crippen LogP contribution in [0, 0.1) is 0 Å². The molecule has 0 aliphatic carbocycles.